The predicted octanol–water partition coefficient (Wildman–Crippen LogP) is 0.374. The molecule has 1 fully saturated rings. The Bertz CT molecular complexity index is 389. The van der Waals surface area contributed by atoms with Crippen molar-refractivity contribution >= 4 is 38.8 Å². The number of nitrogens with one attached hydrogen (secondary N) is 2. The van der Waals surface area contributed by atoms with E-state index in [9.17, 15) is 8.42 Å². The standard InChI is InChI=1S/C11H22ClN3O2S2/c12-9-7-19(16,17)8-10(9)15-11(18)14-6-4-2-1-3-5-13/h9-10H,1-8,13H2,(H2,14,15,18)/t9-,10-/m1/s1. The lowest BCUT2D eigenvalue weighted by Gasteiger charge is -2.17. The van der Waals surface area contributed by atoms with E-state index in [0.717, 1.165) is 38.8 Å². The molecule has 0 radical (unpaired) electrons. The first-order chi connectivity index (χ1) is 8.94. The van der Waals surface area contributed by atoms with Gasteiger partial charge in [-0.1, -0.05) is 12.8 Å². The highest BCUT2D eigenvalue weighted by atomic mass is 35.5. The molecule has 112 valence electrons. The third-order valence-corrected chi connectivity index (χ3v) is 5.65. The molecule has 0 bridgehead atoms. The molecular formula is C11H22ClN3O2S2. The molecule has 0 spiro atoms. The summed E-state index contributed by atoms with van der Waals surface area (Å²) >= 11 is 11.1. The quantitative estimate of drug-likeness (QED) is 0.356. The summed E-state index contributed by atoms with van der Waals surface area (Å²) in [5.41, 5.74) is 5.41. The minimum atomic E-state index is -3.02. The lowest BCUT2D eigenvalue weighted by molar-refractivity contribution is 0.599. The predicted molar refractivity (Wildman–Crippen MR) is 83.3 cm³/mol. The highest BCUT2D eigenvalue weighted by Crippen LogP contribution is 2.17. The van der Waals surface area contributed by atoms with E-state index in [0.29, 0.717) is 5.11 Å². The highest BCUT2D eigenvalue weighted by Gasteiger charge is 2.36. The summed E-state index contributed by atoms with van der Waals surface area (Å²) in [6.07, 6.45) is 4.32. The van der Waals surface area contributed by atoms with Gasteiger partial charge in [-0.2, -0.15) is 0 Å². The smallest absolute Gasteiger partial charge is 0.166 e. The first kappa shape index (κ1) is 16.9. The zero-order chi connectivity index (χ0) is 14.3. The minimum Gasteiger partial charge on any atom is -0.363 e. The largest absolute Gasteiger partial charge is 0.363 e. The molecule has 8 heteroatoms. The van der Waals surface area contributed by atoms with Gasteiger partial charge in [-0.25, -0.2) is 8.42 Å². The fourth-order valence-electron chi connectivity index (χ4n) is 1.98. The Morgan fingerprint density at radius 1 is 1.26 bits per heavy atom. The van der Waals surface area contributed by atoms with Gasteiger partial charge in [0.1, 0.15) is 0 Å². The summed E-state index contributed by atoms with van der Waals surface area (Å²) in [6.45, 7) is 1.52. The van der Waals surface area contributed by atoms with Crippen LogP contribution in [0.2, 0.25) is 0 Å². The number of sulfone groups is 1. The Labute approximate surface area is 125 Å². The zero-order valence-corrected chi connectivity index (χ0v) is 13.3. The summed E-state index contributed by atoms with van der Waals surface area (Å²) in [6, 6.07) is -0.288. The van der Waals surface area contributed by atoms with Gasteiger partial charge in [0, 0.05) is 6.54 Å². The molecule has 1 rings (SSSR count). The van der Waals surface area contributed by atoms with Crippen LogP contribution in [0, 0.1) is 0 Å². The highest BCUT2D eigenvalue weighted by molar-refractivity contribution is 7.91. The molecule has 0 saturated carbocycles. The van der Waals surface area contributed by atoms with Gasteiger partial charge in [-0.05, 0) is 31.6 Å². The molecule has 0 aromatic carbocycles. The van der Waals surface area contributed by atoms with Crippen LogP contribution >= 0.6 is 23.8 Å². The molecule has 0 aromatic heterocycles. The van der Waals surface area contributed by atoms with Crippen LogP contribution in [0.4, 0.5) is 0 Å². The van der Waals surface area contributed by atoms with E-state index in [1.54, 1.807) is 0 Å². The van der Waals surface area contributed by atoms with Gasteiger partial charge in [0.2, 0.25) is 0 Å². The maximum absolute atomic E-state index is 11.4. The molecule has 0 aliphatic carbocycles. The molecule has 2 atom stereocenters. The van der Waals surface area contributed by atoms with Crippen molar-refractivity contribution in [2.45, 2.75) is 37.1 Å². The second-order valence-corrected chi connectivity index (χ2v) is 7.93. The van der Waals surface area contributed by atoms with Crippen LogP contribution in [0.25, 0.3) is 0 Å². The van der Waals surface area contributed by atoms with E-state index in [1.807, 2.05) is 0 Å². The van der Waals surface area contributed by atoms with Gasteiger partial charge in [0.25, 0.3) is 0 Å². The molecule has 0 unspecified atom stereocenters. The topological polar surface area (TPSA) is 84.2 Å². The van der Waals surface area contributed by atoms with Crippen molar-refractivity contribution in [1.29, 1.82) is 0 Å². The summed E-state index contributed by atoms with van der Waals surface area (Å²) in [5, 5.41) is 6.12. The van der Waals surface area contributed by atoms with Gasteiger partial charge in [0.05, 0.1) is 22.9 Å². The SMILES string of the molecule is NCCCCCCNC(=S)N[C@@H]1CS(=O)(=O)C[C@H]1Cl. The molecule has 19 heavy (non-hydrogen) atoms. The number of nitrogens with two attached hydrogens (primary N) is 1. The van der Waals surface area contributed by atoms with E-state index in [4.69, 9.17) is 29.6 Å². The zero-order valence-electron chi connectivity index (χ0n) is 10.9. The molecule has 4 N–H and O–H groups in total. The summed E-state index contributed by atoms with van der Waals surface area (Å²) in [7, 11) is -3.02. The second kappa shape index (κ2) is 8.24. The number of rotatable bonds is 7. The average Bonchev–Trinajstić information content (AvgIpc) is 2.56. The van der Waals surface area contributed by atoms with Crippen molar-refractivity contribution in [1.82, 2.24) is 10.6 Å². The van der Waals surface area contributed by atoms with Crippen molar-refractivity contribution in [3.8, 4) is 0 Å². The van der Waals surface area contributed by atoms with Gasteiger partial charge >= 0.3 is 0 Å². The Hall–Kier alpha value is -0.110. The minimum absolute atomic E-state index is 0.0218. The van der Waals surface area contributed by atoms with Gasteiger partial charge < -0.3 is 16.4 Å². The fourth-order valence-corrected chi connectivity index (χ4v) is 4.78. The first-order valence-corrected chi connectivity index (χ1v) is 9.20. The third kappa shape index (κ3) is 6.74. The number of hydrogen-bond acceptors (Lipinski definition) is 4. The number of thiocarbonyl (C=S) groups is 1. The van der Waals surface area contributed by atoms with Gasteiger partial charge in [-0.15, -0.1) is 11.6 Å². The molecule has 1 aliphatic rings. The number of hydrogen-bond donors (Lipinski definition) is 3. The van der Waals surface area contributed by atoms with Crippen LogP contribution in [0.15, 0.2) is 0 Å². The Kier molecular flexibility index (Phi) is 7.35. The van der Waals surface area contributed by atoms with E-state index in [2.05, 4.69) is 10.6 Å². The van der Waals surface area contributed by atoms with Crippen LogP contribution in [-0.2, 0) is 9.84 Å². The molecular weight excluding hydrogens is 306 g/mol. The van der Waals surface area contributed by atoms with Crippen LogP contribution in [-0.4, -0.2) is 49.5 Å². The molecule has 1 saturated heterocycles. The lowest BCUT2D eigenvalue weighted by atomic mass is 10.2. The summed E-state index contributed by atoms with van der Waals surface area (Å²) < 4.78 is 22.8. The van der Waals surface area contributed by atoms with Crippen LogP contribution < -0.4 is 16.4 Å². The number of halogens is 1. The lowest BCUT2D eigenvalue weighted by Crippen LogP contribution is -2.46. The summed E-state index contributed by atoms with van der Waals surface area (Å²) in [5.74, 6) is 0.0768. The van der Waals surface area contributed by atoms with Crippen LogP contribution in [0.3, 0.4) is 0 Å². The molecule has 1 aliphatic heterocycles. The fraction of sp³-hybridized carbons (Fsp3) is 0.909. The first-order valence-electron chi connectivity index (χ1n) is 6.53. The Morgan fingerprint density at radius 2 is 1.95 bits per heavy atom. The van der Waals surface area contributed by atoms with E-state index < -0.39 is 15.2 Å². The monoisotopic (exact) mass is 327 g/mol. The second-order valence-electron chi connectivity index (χ2n) is 4.80. The number of alkyl halides is 1. The van der Waals surface area contributed by atoms with Crippen molar-refractivity contribution < 1.29 is 8.42 Å². The maximum Gasteiger partial charge on any atom is 0.166 e. The molecule has 0 aromatic rings. The molecule has 0 amide bonds. The van der Waals surface area contributed by atoms with E-state index >= 15 is 0 Å². The van der Waals surface area contributed by atoms with Crippen molar-refractivity contribution in [2.75, 3.05) is 24.6 Å². The maximum atomic E-state index is 11.4. The molecule has 5 nitrogen and oxygen atoms in total. The number of unbranched alkanes of at least 4 members (excludes halogenated alkanes) is 3. The Morgan fingerprint density at radius 3 is 2.53 bits per heavy atom. The van der Waals surface area contributed by atoms with Crippen molar-refractivity contribution in [2.24, 2.45) is 5.73 Å². The van der Waals surface area contributed by atoms with Crippen molar-refractivity contribution in [3.63, 3.8) is 0 Å². The van der Waals surface area contributed by atoms with Gasteiger partial charge in [-0.3, -0.25) is 0 Å². The summed E-state index contributed by atoms with van der Waals surface area (Å²) in [4.78, 5) is 0. The Balaban J connectivity index is 2.14. The van der Waals surface area contributed by atoms with Crippen molar-refractivity contribution in [3.05, 3.63) is 0 Å². The third-order valence-electron chi connectivity index (χ3n) is 3.02. The van der Waals surface area contributed by atoms with E-state index in [1.165, 1.54) is 0 Å². The molecule has 1 heterocycles. The van der Waals surface area contributed by atoms with Crippen LogP contribution in [0.1, 0.15) is 25.7 Å². The van der Waals surface area contributed by atoms with E-state index in [-0.39, 0.29) is 17.5 Å². The average molecular weight is 328 g/mol. The van der Waals surface area contributed by atoms with Gasteiger partial charge in [0.15, 0.2) is 14.9 Å². The van der Waals surface area contributed by atoms with Crippen LogP contribution in [0.5, 0.6) is 0 Å². The normalized spacial score (nSPS) is 25.2.